The molecule has 0 radical (unpaired) electrons. The van der Waals surface area contributed by atoms with Gasteiger partial charge < -0.3 is 5.32 Å². The Morgan fingerprint density at radius 2 is 2.11 bits per heavy atom. The lowest BCUT2D eigenvalue weighted by Crippen LogP contribution is -2.47. The molecule has 3 heteroatoms. The molecule has 0 saturated carbocycles. The minimum Gasteiger partial charge on any atom is -0.317 e. The van der Waals surface area contributed by atoms with Crippen LogP contribution in [-0.2, 0) is 0 Å². The Morgan fingerprint density at radius 1 is 1.39 bits per heavy atom. The number of hydrogen-bond acceptors (Lipinski definition) is 2. The fraction of sp³-hybridized carbons (Fsp3) is 0.600. The molecule has 0 amide bonds. The quantitative estimate of drug-likeness (QED) is 0.901. The molecular formula is C15H23ClN2. The van der Waals surface area contributed by atoms with Crippen molar-refractivity contribution in [2.75, 3.05) is 13.6 Å². The zero-order chi connectivity index (χ0) is 13.1. The lowest BCUT2D eigenvalue weighted by Gasteiger charge is -2.41. The van der Waals surface area contributed by atoms with Crippen molar-refractivity contribution in [3.05, 3.63) is 34.9 Å². The first-order valence-electron chi connectivity index (χ1n) is 6.81. The molecule has 18 heavy (non-hydrogen) atoms. The fourth-order valence-corrected chi connectivity index (χ4v) is 3.31. The third kappa shape index (κ3) is 2.87. The van der Waals surface area contributed by atoms with E-state index in [0.29, 0.717) is 18.1 Å². The first kappa shape index (κ1) is 13.9. The molecule has 3 unspecified atom stereocenters. The molecule has 1 aromatic rings. The van der Waals surface area contributed by atoms with Gasteiger partial charge in [0.2, 0.25) is 0 Å². The molecule has 1 aliphatic rings. The molecule has 1 heterocycles. The van der Waals surface area contributed by atoms with E-state index in [-0.39, 0.29) is 0 Å². The van der Waals surface area contributed by atoms with Crippen LogP contribution in [0.4, 0.5) is 0 Å². The summed E-state index contributed by atoms with van der Waals surface area (Å²) >= 11 is 6.30. The summed E-state index contributed by atoms with van der Waals surface area (Å²) in [5, 5.41) is 4.27. The minimum absolute atomic E-state index is 0.395. The summed E-state index contributed by atoms with van der Waals surface area (Å²) in [5.74, 6) is 0. The van der Waals surface area contributed by atoms with Crippen LogP contribution in [0.15, 0.2) is 24.3 Å². The number of piperidine rings is 1. The molecule has 1 aromatic carbocycles. The van der Waals surface area contributed by atoms with E-state index in [1.54, 1.807) is 0 Å². The summed E-state index contributed by atoms with van der Waals surface area (Å²) in [6.07, 6.45) is 2.43. The lowest BCUT2D eigenvalue weighted by molar-refractivity contribution is 0.0975. The summed E-state index contributed by atoms with van der Waals surface area (Å²) < 4.78 is 0. The van der Waals surface area contributed by atoms with Crippen molar-refractivity contribution in [1.82, 2.24) is 10.2 Å². The van der Waals surface area contributed by atoms with Gasteiger partial charge in [0, 0.05) is 29.7 Å². The Balaban J connectivity index is 2.10. The van der Waals surface area contributed by atoms with Crippen LogP contribution in [0.1, 0.15) is 38.3 Å². The lowest BCUT2D eigenvalue weighted by atomic mass is 9.95. The fourth-order valence-electron chi connectivity index (χ4n) is 3.02. The van der Waals surface area contributed by atoms with E-state index >= 15 is 0 Å². The summed E-state index contributed by atoms with van der Waals surface area (Å²) in [6, 6.07) is 9.85. The van der Waals surface area contributed by atoms with Crippen molar-refractivity contribution in [2.45, 2.75) is 44.8 Å². The van der Waals surface area contributed by atoms with E-state index in [2.05, 4.69) is 43.2 Å². The molecule has 2 nitrogen and oxygen atoms in total. The van der Waals surface area contributed by atoms with Gasteiger partial charge in [0.25, 0.3) is 0 Å². The summed E-state index contributed by atoms with van der Waals surface area (Å²) in [6.45, 7) is 5.72. The van der Waals surface area contributed by atoms with E-state index in [1.807, 2.05) is 12.1 Å². The van der Waals surface area contributed by atoms with Gasteiger partial charge in [0.15, 0.2) is 0 Å². The second-order valence-corrected chi connectivity index (χ2v) is 5.70. The predicted molar refractivity (Wildman–Crippen MR) is 78.1 cm³/mol. The van der Waals surface area contributed by atoms with Gasteiger partial charge in [-0.1, -0.05) is 29.8 Å². The second kappa shape index (κ2) is 6.05. The third-order valence-corrected chi connectivity index (χ3v) is 4.53. The molecule has 1 fully saturated rings. The Bertz CT molecular complexity index is 394. The van der Waals surface area contributed by atoms with Gasteiger partial charge in [-0.2, -0.15) is 0 Å². The number of rotatable bonds is 3. The molecule has 1 N–H and O–H groups in total. The van der Waals surface area contributed by atoms with Crippen LogP contribution in [0, 0.1) is 0 Å². The van der Waals surface area contributed by atoms with E-state index in [0.717, 1.165) is 11.6 Å². The van der Waals surface area contributed by atoms with Crippen LogP contribution in [-0.4, -0.2) is 30.6 Å². The molecule has 3 atom stereocenters. The molecule has 0 aromatic heterocycles. The van der Waals surface area contributed by atoms with E-state index in [4.69, 9.17) is 11.6 Å². The molecule has 2 rings (SSSR count). The Hall–Kier alpha value is -0.570. The first-order chi connectivity index (χ1) is 8.63. The van der Waals surface area contributed by atoms with E-state index in [9.17, 15) is 0 Å². The van der Waals surface area contributed by atoms with Crippen molar-refractivity contribution in [1.29, 1.82) is 0 Å². The number of nitrogens with one attached hydrogen (secondary N) is 1. The van der Waals surface area contributed by atoms with E-state index in [1.165, 1.54) is 18.4 Å². The largest absolute Gasteiger partial charge is 0.317 e. The maximum Gasteiger partial charge on any atom is 0.0453 e. The highest BCUT2D eigenvalue weighted by Gasteiger charge is 2.29. The smallest absolute Gasteiger partial charge is 0.0453 e. The van der Waals surface area contributed by atoms with Crippen LogP contribution in [0.5, 0.6) is 0 Å². The summed E-state index contributed by atoms with van der Waals surface area (Å²) in [5.41, 5.74) is 1.24. The van der Waals surface area contributed by atoms with Crippen molar-refractivity contribution >= 4 is 11.6 Å². The van der Waals surface area contributed by atoms with Crippen molar-refractivity contribution < 1.29 is 0 Å². The third-order valence-electron chi connectivity index (χ3n) is 4.19. The SMILES string of the molecule is CNC1CCN(C(C)c2ccccc2Cl)C(C)C1. The monoisotopic (exact) mass is 266 g/mol. The highest BCUT2D eigenvalue weighted by atomic mass is 35.5. The first-order valence-corrected chi connectivity index (χ1v) is 7.18. The summed E-state index contributed by atoms with van der Waals surface area (Å²) in [4.78, 5) is 2.56. The second-order valence-electron chi connectivity index (χ2n) is 5.29. The number of halogens is 1. The summed E-state index contributed by atoms with van der Waals surface area (Å²) in [7, 11) is 2.06. The zero-order valence-electron chi connectivity index (χ0n) is 11.5. The van der Waals surface area contributed by atoms with Gasteiger partial charge in [-0.05, 0) is 45.4 Å². The Morgan fingerprint density at radius 3 is 2.72 bits per heavy atom. The zero-order valence-corrected chi connectivity index (χ0v) is 12.2. The van der Waals surface area contributed by atoms with Crippen LogP contribution in [0.25, 0.3) is 0 Å². The van der Waals surface area contributed by atoms with Crippen LogP contribution in [0.2, 0.25) is 5.02 Å². The minimum atomic E-state index is 0.395. The average molecular weight is 267 g/mol. The maximum absolute atomic E-state index is 6.30. The highest BCUT2D eigenvalue weighted by Crippen LogP contribution is 2.31. The van der Waals surface area contributed by atoms with Gasteiger partial charge in [0.1, 0.15) is 0 Å². The van der Waals surface area contributed by atoms with E-state index < -0.39 is 0 Å². The van der Waals surface area contributed by atoms with Crippen LogP contribution < -0.4 is 5.32 Å². The van der Waals surface area contributed by atoms with Gasteiger partial charge >= 0.3 is 0 Å². The van der Waals surface area contributed by atoms with Gasteiger partial charge in [-0.25, -0.2) is 0 Å². The Kier molecular flexibility index (Phi) is 4.66. The maximum atomic E-state index is 6.30. The standard InChI is InChI=1S/C15H23ClN2/c1-11-10-13(17-3)8-9-18(11)12(2)14-6-4-5-7-15(14)16/h4-7,11-13,17H,8-10H2,1-3H3. The number of likely N-dealkylation sites (tertiary alicyclic amines) is 1. The highest BCUT2D eigenvalue weighted by molar-refractivity contribution is 6.31. The number of benzene rings is 1. The van der Waals surface area contributed by atoms with Crippen LogP contribution in [0.3, 0.4) is 0 Å². The molecule has 0 aliphatic carbocycles. The van der Waals surface area contributed by atoms with Gasteiger partial charge in [0.05, 0.1) is 0 Å². The number of hydrogen-bond donors (Lipinski definition) is 1. The normalized spacial score (nSPS) is 27.1. The Labute approximate surface area is 115 Å². The van der Waals surface area contributed by atoms with Gasteiger partial charge in [-0.3, -0.25) is 4.90 Å². The molecule has 100 valence electrons. The van der Waals surface area contributed by atoms with Gasteiger partial charge in [-0.15, -0.1) is 0 Å². The van der Waals surface area contributed by atoms with Crippen molar-refractivity contribution in [2.24, 2.45) is 0 Å². The molecule has 1 aliphatic heterocycles. The van der Waals surface area contributed by atoms with Crippen molar-refractivity contribution in [3.8, 4) is 0 Å². The van der Waals surface area contributed by atoms with Crippen molar-refractivity contribution in [3.63, 3.8) is 0 Å². The molecular weight excluding hydrogens is 244 g/mol. The molecule has 0 spiro atoms. The average Bonchev–Trinajstić information content (AvgIpc) is 2.38. The topological polar surface area (TPSA) is 15.3 Å². The van der Waals surface area contributed by atoms with Crippen LogP contribution >= 0.6 is 11.6 Å². The molecule has 1 saturated heterocycles. The number of nitrogens with zero attached hydrogens (tertiary/aromatic N) is 1. The molecule has 0 bridgehead atoms. The predicted octanol–water partition coefficient (Wildman–Crippen LogP) is 3.47.